The summed E-state index contributed by atoms with van der Waals surface area (Å²) in [5, 5.41) is 14.1. The third kappa shape index (κ3) is 4.90. The third-order valence-corrected chi connectivity index (χ3v) is 5.22. The molecule has 0 aliphatic rings. The summed E-state index contributed by atoms with van der Waals surface area (Å²) in [6, 6.07) is 11.8. The smallest absolute Gasteiger partial charge is 0.400 e. The number of alkyl halides is 3. The third-order valence-electron chi connectivity index (χ3n) is 5.22. The molecular formula is C23H20F3N7O3. The van der Waals surface area contributed by atoms with E-state index in [-0.39, 0.29) is 22.7 Å². The summed E-state index contributed by atoms with van der Waals surface area (Å²) in [7, 11) is 0. The number of carboxylic acid groups (broad SMARTS) is 1. The molecule has 7 N–H and O–H groups in total. The van der Waals surface area contributed by atoms with Crippen molar-refractivity contribution >= 4 is 39.5 Å². The molecule has 0 fully saturated rings. The molecule has 0 aliphatic carbocycles. The van der Waals surface area contributed by atoms with Crippen LogP contribution in [0.15, 0.2) is 48.7 Å². The van der Waals surface area contributed by atoms with Crippen molar-refractivity contribution in [3.05, 3.63) is 71.3 Å². The number of nitrogens with zero attached hydrogens (tertiary/aromatic N) is 3. The lowest BCUT2D eigenvalue weighted by Crippen LogP contribution is -2.21. The van der Waals surface area contributed by atoms with Gasteiger partial charge in [0.2, 0.25) is 5.78 Å². The Labute approximate surface area is 200 Å². The Morgan fingerprint density at radius 3 is 2.47 bits per heavy atom. The fourth-order valence-corrected chi connectivity index (χ4v) is 3.53. The molecule has 0 saturated heterocycles. The van der Waals surface area contributed by atoms with Gasteiger partial charge in [-0.1, -0.05) is 0 Å². The van der Waals surface area contributed by atoms with Gasteiger partial charge >= 0.3 is 12.1 Å². The van der Waals surface area contributed by atoms with Crippen molar-refractivity contribution in [3.63, 3.8) is 0 Å². The zero-order valence-corrected chi connectivity index (χ0v) is 18.7. The molecule has 0 spiro atoms. The maximum absolute atomic E-state index is 13.0. The lowest BCUT2D eigenvalue weighted by Gasteiger charge is -2.05. The quantitative estimate of drug-likeness (QED) is 0.236. The highest BCUT2D eigenvalue weighted by molar-refractivity contribution is 6.12. The lowest BCUT2D eigenvalue weighted by molar-refractivity contribution is -0.118. The van der Waals surface area contributed by atoms with Gasteiger partial charge in [0.25, 0.3) is 0 Å². The van der Waals surface area contributed by atoms with Crippen LogP contribution in [0.4, 0.5) is 19.0 Å². The number of H-pyrrole nitrogens is 2. The predicted octanol–water partition coefficient (Wildman–Crippen LogP) is 3.56. The van der Waals surface area contributed by atoms with Gasteiger partial charge in [-0.25, -0.2) is 14.5 Å². The summed E-state index contributed by atoms with van der Waals surface area (Å²) in [5.74, 6) is -0.344. The molecule has 13 heteroatoms. The summed E-state index contributed by atoms with van der Waals surface area (Å²) in [4.78, 5) is 34.7. The number of nitrogens with one attached hydrogen (secondary N) is 2. The number of nitrogens with two attached hydrogens (primary N) is 2. The molecule has 5 aromatic rings. The van der Waals surface area contributed by atoms with Crippen molar-refractivity contribution in [2.75, 3.05) is 12.3 Å². The summed E-state index contributed by atoms with van der Waals surface area (Å²) < 4.78 is 33.5. The highest BCUT2D eigenvalue weighted by Crippen LogP contribution is 2.24. The standard InChI is InChI=1S/C21H16N6O3.C2H4F3N/c1-10-24-16-5-3-13(8-17(16)25-10)27-20(22)14(9-23-27)19(28)18-7-12-6-11(21(29)30)2-4-15(12)26-18;3-2(4,5)1-6/h2-9,26H,22H2,1H3,(H,24,25)(H,29,30);1,6H2. The van der Waals surface area contributed by atoms with Crippen molar-refractivity contribution in [1.29, 1.82) is 0 Å². The zero-order valence-electron chi connectivity index (χ0n) is 18.7. The van der Waals surface area contributed by atoms with E-state index >= 15 is 0 Å². The summed E-state index contributed by atoms with van der Waals surface area (Å²) >= 11 is 0. The van der Waals surface area contributed by atoms with Crippen LogP contribution in [0.3, 0.4) is 0 Å². The van der Waals surface area contributed by atoms with E-state index in [4.69, 9.17) is 10.8 Å². The molecule has 0 radical (unpaired) electrons. The van der Waals surface area contributed by atoms with Gasteiger partial charge in [-0.2, -0.15) is 18.3 Å². The van der Waals surface area contributed by atoms with Crippen LogP contribution in [0.25, 0.3) is 27.6 Å². The molecule has 0 atom stereocenters. The molecule has 5 rings (SSSR count). The van der Waals surface area contributed by atoms with Crippen LogP contribution in [0.5, 0.6) is 0 Å². The molecule has 0 amide bonds. The number of nitrogen functional groups attached to an aromatic ring is 1. The predicted molar refractivity (Wildman–Crippen MR) is 126 cm³/mol. The maximum Gasteiger partial charge on any atom is 0.400 e. The van der Waals surface area contributed by atoms with Gasteiger partial charge in [0, 0.05) is 10.9 Å². The van der Waals surface area contributed by atoms with Crippen LogP contribution in [-0.4, -0.2) is 54.3 Å². The van der Waals surface area contributed by atoms with Crippen molar-refractivity contribution < 1.29 is 27.9 Å². The Kier molecular flexibility index (Phi) is 6.24. The van der Waals surface area contributed by atoms with Gasteiger partial charge in [-0.3, -0.25) is 4.79 Å². The zero-order chi connectivity index (χ0) is 26.2. The van der Waals surface area contributed by atoms with E-state index in [0.29, 0.717) is 22.3 Å². The number of hydrogen-bond acceptors (Lipinski definition) is 6. The minimum absolute atomic E-state index is 0.150. The SMILES string of the molecule is Cc1nc2ccc(-n3ncc(C(=O)c4cc5cc(C(=O)O)ccc5[nH]4)c3N)cc2[nH]1.NCC(F)(F)F. The second-order valence-corrected chi connectivity index (χ2v) is 7.82. The molecule has 0 saturated carbocycles. The van der Waals surface area contributed by atoms with E-state index in [1.807, 2.05) is 25.1 Å². The van der Waals surface area contributed by atoms with Crippen LogP contribution in [-0.2, 0) is 0 Å². The molecule has 0 aliphatic heterocycles. The highest BCUT2D eigenvalue weighted by Gasteiger charge is 2.23. The normalized spacial score (nSPS) is 11.5. The van der Waals surface area contributed by atoms with Crippen LogP contribution in [0, 0.1) is 6.92 Å². The second kappa shape index (κ2) is 9.19. The first-order valence-corrected chi connectivity index (χ1v) is 10.4. The number of aryl methyl sites for hydroxylation is 1. The molecule has 0 unspecified atom stereocenters. The Morgan fingerprint density at radius 2 is 1.81 bits per heavy atom. The average Bonchev–Trinajstić information content (AvgIpc) is 3.52. The molecule has 10 nitrogen and oxygen atoms in total. The number of aromatic nitrogens is 5. The molecular weight excluding hydrogens is 479 g/mol. The number of rotatable bonds is 4. The monoisotopic (exact) mass is 499 g/mol. The Hall–Kier alpha value is -4.65. The maximum atomic E-state index is 13.0. The number of aromatic carboxylic acids is 1. The Bertz CT molecular complexity index is 1600. The number of anilines is 1. The van der Waals surface area contributed by atoms with Crippen LogP contribution < -0.4 is 11.5 Å². The first-order chi connectivity index (χ1) is 17.0. The Balaban J connectivity index is 0.000000455. The summed E-state index contributed by atoms with van der Waals surface area (Å²) in [6.07, 6.45) is -2.76. The number of hydrogen-bond donors (Lipinski definition) is 5. The van der Waals surface area contributed by atoms with Crippen LogP contribution in [0.1, 0.15) is 32.2 Å². The van der Waals surface area contributed by atoms with Gasteiger partial charge in [0.1, 0.15) is 11.6 Å². The number of halogens is 3. The number of imidazole rings is 1. The first-order valence-electron chi connectivity index (χ1n) is 10.4. The van der Waals surface area contributed by atoms with Gasteiger partial charge in [0.05, 0.1) is 46.3 Å². The number of carbonyl (C=O) groups is 2. The number of ketones is 1. The molecule has 36 heavy (non-hydrogen) atoms. The van der Waals surface area contributed by atoms with Crippen molar-refractivity contribution in [1.82, 2.24) is 24.7 Å². The first kappa shape index (κ1) is 24.5. The van der Waals surface area contributed by atoms with Gasteiger partial charge in [-0.05, 0) is 49.4 Å². The van der Waals surface area contributed by atoms with Gasteiger partial charge in [0.15, 0.2) is 0 Å². The number of carbonyl (C=O) groups excluding carboxylic acids is 1. The van der Waals surface area contributed by atoms with Gasteiger partial charge in [-0.15, -0.1) is 0 Å². The molecule has 2 aromatic carbocycles. The number of benzene rings is 2. The van der Waals surface area contributed by atoms with Crippen LogP contribution in [0.2, 0.25) is 0 Å². The molecule has 0 bridgehead atoms. The fraction of sp³-hybridized carbons (Fsp3) is 0.130. The topological polar surface area (TPSA) is 169 Å². The van der Waals surface area contributed by atoms with E-state index in [2.05, 4.69) is 25.8 Å². The largest absolute Gasteiger partial charge is 0.478 e. The van der Waals surface area contributed by atoms with Crippen LogP contribution >= 0.6 is 0 Å². The number of carboxylic acids is 1. The number of fused-ring (bicyclic) bond motifs is 2. The van der Waals surface area contributed by atoms with E-state index in [9.17, 15) is 22.8 Å². The minimum Gasteiger partial charge on any atom is -0.478 e. The minimum atomic E-state index is -4.18. The van der Waals surface area contributed by atoms with Gasteiger partial charge < -0.3 is 26.5 Å². The van der Waals surface area contributed by atoms with Crippen molar-refractivity contribution in [2.45, 2.75) is 13.1 Å². The lowest BCUT2D eigenvalue weighted by atomic mass is 10.1. The number of aromatic amines is 2. The Morgan fingerprint density at radius 1 is 1.08 bits per heavy atom. The van der Waals surface area contributed by atoms with Crippen molar-refractivity contribution in [3.8, 4) is 5.69 Å². The average molecular weight is 499 g/mol. The second-order valence-electron chi connectivity index (χ2n) is 7.82. The van der Waals surface area contributed by atoms with E-state index in [1.165, 1.54) is 23.0 Å². The van der Waals surface area contributed by atoms with E-state index in [0.717, 1.165) is 16.9 Å². The van der Waals surface area contributed by atoms with Crippen molar-refractivity contribution in [2.24, 2.45) is 5.73 Å². The summed E-state index contributed by atoms with van der Waals surface area (Å²) in [6.45, 7) is 0.644. The highest BCUT2D eigenvalue weighted by atomic mass is 19.4. The van der Waals surface area contributed by atoms with E-state index in [1.54, 1.807) is 12.1 Å². The van der Waals surface area contributed by atoms with E-state index < -0.39 is 18.7 Å². The summed E-state index contributed by atoms with van der Waals surface area (Å²) in [5.41, 5.74) is 14.2. The fourth-order valence-electron chi connectivity index (χ4n) is 3.53. The molecule has 186 valence electrons. The molecule has 3 aromatic heterocycles. The molecule has 3 heterocycles.